The summed E-state index contributed by atoms with van der Waals surface area (Å²) < 4.78 is 0. The molecular weight excluding hydrogens is 400 g/mol. The Labute approximate surface area is 194 Å². The first kappa shape index (κ1) is 18.8. The van der Waals surface area contributed by atoms with Crippen LogP contribution in [-0.4, -0.2) is 5.78 Å². The van der Waals surface area contributed by atoms with Gasteiger partial charge in [0.25, 0.3) is 0 Å². The third kappa shape index (κ3) is 2.20. The third-order valence-corrected chi connectivity index (χ3v) is 8.24. The lowest BCUT2D eigenvalue weighted by Gasteiger charge is -2.33. The predicted molar refractivity (Wildman–Crippen MR) is 133 cm³/mol. The van der Waals surface area contributed by atoms with E-state index in [0.717, 1.165) is 28.7 Å². The largest absolute Gasteiger partial charge is 0.297 e. The van der Waals surface area contributed by atoms with E-state index < -0.39 is 10.8 Å². The fourth-order valence-corrected chi connectivity index (χ4v) is 7.13. The molecule has 2 fully saturated rings. The maximum Gasteiger partial charge on any atom is 0.163 e. The Bertz CT molecular complexity index is 1280. The van der Waals surface area contributed by atoms with Crippen LogP contribution in [0.15, 0.2) is 121 Å². The molecule has 0 N–H and O–H groups in total. The summed E-state index contributed by atoms with van der Waals surface area (Å²) in [5.41, 5.74) is 5.84. The van der Waals surface area contributed by atoms with E-state index in [-0.39, 0.29) is 0 Å². The van der Waals surface area contributed by atoms with Crippen molar-refractivity contribution in [2.75, 3.05) is 0 Å². The minimum absolute atomic E-state index is 0.343. The zero-order valence-corrected chi connectivity index (χ0v) is 18.3. The molecule has 3 aliphatic rings. The Balaban J connectivity index is 1.67. The van der Waals surface area contributed by atoms with E-state index in [1.54, 1.807) is 0 Å². The third-order valence-electron chi connectivity index (χ3n) is 8.24. The van der Waals surface area contributed by atoms with Gasteiger partial charge in [0.1, 0.15) is 0 Å². The van der Waals surface area contributed by atoms with Crippen LogP contribution in [0.1, 0.15) is 28.7 Å². The number of benzene rings is 4. The molecule has 1 nitrogen and oxygen atoms in total. The molecule has 4 atom stereocenters. The molecule has 2 bridgehead atoms. The number of hydrogen-bond donors (Lipinski definition) is 0. The molecule has 1 heteroatoms. The number of allylic oxidation sites excluding steroid dienone is 2. The summed E-state index contributed by atoms with van der Waals surface area (Å²) in [5, 5.41) is 0. The van der Waals surface area contributed by atoms with Gasteiger partial charge < -0.3 is 0 Å². The molecule has 2 saturated carbocycles. The maximum absolute atomic E-state index is 15.0. The molecule has 3 aliphatic carbocycles. The second-order valence-corrected chi connectivity index (χ2v) is 9.61. The smallest absolute Gasteiger partial charge is 0.163 e. The van der Waals surface area contributed by atoms with E-state index in [1.807, 2.05) is 12.1 Å². The van der Waals surface area contributed by atoms with E-state index in [2.05, 4.69) is 109 Å². The van der Waals surface area contributed by atoms with Gasteiger partial charge in [-0.3, -0.25) is 4.79 Å². The summed E-state index contributed by atoms with van der Waals surface area (Å²) in [6.45, 7) is 0. The first-order valence-electron chi connectivity index (χ1n) is 11.8. The summed E-state index contributed by atoms with van der Waals surface area (Å²) >= 11 is 0. The fraction of sp³-hybridized carbons (Fsp3) is 0.156. The van der Waals surface area contributed by atoms with Crippen molar-refractivity contribution in [3.63, 3.8) is 0 Å². The highest BCUT2D eigenvalue weighted by Gasteiger charge is 2.82. The molecule has 0 heterocycles. The van der Waals surface area contributed by atoms with Crippen LogP contribution in [0.5, 0.6) is 0 Å². The van der Waals surface area contributed by atoms with Crippen molar-refractivity contribution >= 4 is 16.9 Å². The second kappa shape index (κ2) is 6.65. The first-order chi connectivity index (χ1) is 16.3. The summed E-state index contributed by atoms with van der Waals surface area (Å²) in [6.07, 6.45) is 1.09. The number of rotatable bonds is 4. The molecule has 0 aliphatic heterocycles. The Hall–Kier alpha value is -3.71. The van der Waals surface area contributed by atoms with Crippen LogP contribution in [0.4, 0.5) is 0 Å². The summed E-state index contributed by atoms with van der Waals surface area (Å²) in [7, 11) is 0. The minimum Gasteiger partial charge on any atom is -0.297 e. The first-order valence-corrected chi connectivity index (χ1v) is 11.8. The summed E-state index contributed by atoms with van der Waals surface area (Å²) in [4.78, 5) is 15.0. The number of carbonyl (C=O) groups is 1. The molecule has 0 saturated heterocycles. The molecule has 158 valence electrons. The lowest BCUT2D eigenvalue weighted by atomic mass is 9.68. The molecule has 0 spiro atoms. The van der Waals surface area contributed by atoms with Crippen molar-refractivity contribution in [3.8, 4) is 0 Å². The normalized spacial score (nSPS) is 29.3. The van der Waals surface area contributed by atoms with Gasteiger partial charge in [-0.2, -0.15) is 0 Å². The fourth-order valence-electron chi connectivity index (χ4n) is 7.13. The van der Waals surface area contributed by atoms with Gasteiger partial charge >= 0.3 is 0 Å². The molecule has 4 aromatic rings. The number of ketones is 1. The van der Waals surface area contributed by atoms with E-state index in [0.29, 0.717) is 17.6 Å². The average Bonchev–Trinajstić information content (AvgIpc) is 3.63. The second-order valence-electron chi connectivity index (χ2n) is 9.61. The Morgan fingerprint density at radius 1 is 0.485 bits per heavy atom. The summed E-state index contributed by atoms with van der Waals surface area (Å²) in [6, 6.07) is 42.4. The monoisotopic (exact) mass is 424 g/mol. The topological polar surface area (TPSA) is 17.1 Å². The number of Topliss-reactive ketones (excluding diaryl/α,β-unsaturated/α-hetero) is 1. The number of carbonyl (C=O) groups excluding carboxylic acids is 1. The van der Waals surface area contributed by atoms with Crippen LogP contribution in [0.25, 0.3) is 11.1 Å². The van der Waals surface area contributed by atoms with Gasteiger partial charge in [-0.15, -0.1) is 0 Å². The van der Waals surface area contributed by atoms with Crippen LogP contribution < -0.4 is 0 Å². The molecule has 0 unspecified atom stereocenters. The molecule has 7 rings (SSSR count). The van der Waals surface area contributed by atoms with Gasteiger partial charge in [-0.25, -0.2) is 0 Å². The van der Waals surface area contributed by atoms with Crippen LogP contribution in [0.3, 0.4) is 0 Å². The maximum atomic E-state index is 15.0. The van der Waals surface area contributed by atoms with E-state index in [1.165, 1.54) is 11.1 Å². The van der Waals surface area contributed by atoms with Gasteiger partial charge in [-0.05, 0) is 51.7 Å². The predicted octanol–water partition coefficient (Wildman–Crippen LogP) is 6.71. The van der Waals surface area contributed by atoms with E-state index >= 15 is 0 Å². The van der Waals surface area contributed by atoms with Crippen LogP contribution in [0.2, 0.25) is 0 Å². The van der Waals surface area contributed by atoms with Gasteiger partial charge in [0.15, 0.2) is 5.78 Å². The van der Waals surface area contributed by atoms with E-state index in [4.69, 9.17) is 0 Å². The zero-order valence-electron chi connectivity index (χ0n) is 18.3. The van der Waals surface area contributed by atoms with Crippen molar-refractivity contribution < 1.29 is 4.79 Å². The number of fused-ring (bicyclic) bond motifs is 5. The molecule has 0 amide bonds. The Kier molecular flexibility index (Phi) is 3.79. The zero-order chi connectivity index (χ0) is 22.0. The lowest BCUT2D eigenvalue weighted by molar-refractivity contribution is -0.124. The SMILES string of the molecule is O=C1[C@]2(c3ccccc3)C(c3ccccc3)=C(c3ccccc3)[C@@]1(c1ccccc1)[C@H]1C[C@H]12. The Morgan fingerprint density at radius 2 is 0.818 bits per heavy atom. The molecular formula is C32H24O. The lowest BCUT2D eigenvalue weighted by Crippen LogP contribution is -2.40. The number of hydrogen-bond acceptors (Lipinski definition) is 1. The standard InChI is InChI=1S/C32H24O/c33-30-31(24-17-9-3-10-18-24)26-21-27(26)32(30,25-19-11-4-12-20-25)29(23-15-7-2-8-16-23)28(31)22-13-5-1-6-14-22/h1-20,26-27H,21H2/t26-,27+,31+,32-. The highest BCUT2D eigenvalue weighted by molar-refractivity contribution is 6.30. The van der Waals surface area contributed by atoms with Crippen molar-refractivity contribution in [3.05, 3.63) is 144 Å². The van der Waals surface area contributed by atoms with Crippen molar-refractivity contribution in [2.45, 2.75) is 17.3 Å². The molecule has 0 aromatic heterocycles. The molecule has 0 radical (unpaired) electrons. The van der Waals surface area contributed by atoms with Crippen molar-refractivity contribution in [1.29, 1.82) is 0 Å². The van der Waals surface area contributed by atoms with Crippen LogP contribution >= 0.6 is 0 Å². The van der Waals surface area contributed by atoms with Crippen molar-refractivity contribution in [1.82, 2.24) is 0 Å². The van der Waals surface area contributed by atoms with Crippen LogP contribution in [-0.2, 0) is 15.6 Å². The van der Waals surface area contributed by atoms with Gasteiger partial charge in [-0.1, -0.05) is 121 Å². The molecule has 4 aromatic carbocycles. The van der Waals surface area contributed by atoms with E-state index in [9.17, 15) is 4.79 Å². The van der Waals surface area contributed by atoms with Crippen molar-refractivity contribution in [2.24, 2.45) is 11.8 Å². The average molecular weight is 425 g/mol. The van der Waals surface area contributed by atoms with Gasteiger partial charge in [0, 0.05) is 0 Å². The highest BCUT2D eigenvalue weighted by Crippen LogP contribution is 2.80. The highest BCUT2D eigenvalue weighted by atomic mass is 16.1. The quantitative estimate of drug-likeness (QED) is 0.356. The van der Waals surface area contributed by atoms with Crippen LogP contribution in [0, 0.1) is 11.8 Å². The van der Waals surface area contributed by atoms with Gasteiger partial charge in [0.05, 0.1) is 10.8 Å². The van der Waals surface area contributed by atoms with Gasteiger partial charge in [0.2, 0.25) is 0 Å². The summed E-state index contributed by atoms with van der Waals surface area (Å²) in [5.74, 6) is 1.05. The molecule has 33 heavy (non-hydrogen) atoms. The minimum atomic E-state index is -0.603. The Morgan fingerprint density at radius 3 is 1.18 bits per heavy atom.